The van der Waals surface area contributed by atoms with Crippen LogP contribution in [0.3, 0.4) is 0 Å². The molecule has 0 N–H and O–H groups in total. The van der Waals surface area contributed by atoms with Crippen LogP contribution in [-0.4, -0.2) is 33.6 Å². The van der Waals surface area contributed by atoms with Crippen molar-refractivity contribution in [3.63, 3.8) is 0 Å². The summed E-state index contributed by atoms with van der Waals surface area (Å²) in [6, 6.07) is 25.1. The molecule has 7 nitrogen and oxygen atoms in total. The highest BCUT2D eigenvalue weighted by atomic mass is 32.2. The predicted molar refractivity (Wildman–Crippen MR) is 134 cm³/mol. The van der Waals surface area contributed by atoms with Crippen molar-refractivity contribution in [3.05, 3.63) is 90.0 Å². The summed E-state index contributed by atoms with van der Waals surface area (Å²) >= 11 is 0. The fraction of sp³-hybridized carbons (Fsp3) is 0.259. The average molecular weight is 490 g/mol. The summed E-state index contributed by atoms with van der Waals surface area (Å²) in [5.41, 5.74) is 2.40. The number of benzene rings is 3. The van der Waals surface area contributed by atoms with Gasteiger partial charge in [-0.2, -0.15) is 5.26 Å². The van der Waals surface area contributed by atoms with Crippen molar-refractivity contribution in [2.75, 3.05) is 22.3 Å². The molecule has 0 aliphatic carbocycles. The summed E-state index contributed by atoms with van der Waals surface area (Å²) < 4.78 is 33.9. The zero-order valence-electron chi connectivity index (χ0n) is 19.5. The molecule has 0 spiro atoms. The van der Waals surface area contributed by atoms with Crippen molar-refractivity contribution < 1.29 is 17.9 Å². The fourth-order valence-corrected chi connectivity index (χ4v) is 5.74. The molecule has 4 rings (SSSR count). The van der Waals surface area contributed by atoms with Crippen LogP contribution in [0.5, 0.6) is 0 Å². The van der Waals surface area contributed by atoms with E-state index in [1.807, 2.05) is 30.3 Å². The van der Waals surface area contributed by atoms with Crippen LogP contribution in [0.2, 0.25) is 0 Å². The number of carbonyl (C=O) groups excluding carboxylic acids is 1. The predicted octanol–water partition coefficient (Wildman–Crippen LogP) is 4.49. The summed E-state index contributed by atoms with van der Waals surface area (Å²) in [4.78, 5) is 13.5. The van der Waals surface area contributed by atoms with Crippen LogP contribution < -0.4 is 9.21 Å². The Kier molecular flexibility index (Phi) is 7.37. The minimum absolute atomic E-state index is 0.120. The van der Waals surface area contributed by atoms with Crippen LogP contribution >= 0.6 is 0 Å². The van der Waals surface area contributed by atoms with Gasteiger partial charge < -0.3 is 9.64 Å². The summed E-state index contributed by atoms with van der Waals surface area (Å²) in [6.45, 7) is 2.82. The first-order valence-corrected chi connectivity index (χ1v) is 12.9. The van der Waals surface area contributed by atoms with Crippen LogP contribution in [-0.2, 0) is 26.1 Å². The van der Waals surface area contributed by atoms with Gasteiger partial charge in [-0.05, 0) is 35.9 Å². The standard InChI is InChI=1S/C27H27N3O4S/c1-21(31)34-25-14-16-29(17-15-25)27-13-12-24(18-23(27)19-28)30(20-22-8-4-2-5-9-22)35(32,33)26-10-6-3-7-11-26/h2-13,18,25H,14-17,20H2,1H3. The van der Waals surface area contributed by atoms with Gasteiger partial charge >= 0.3 is 5.97 Å². The molecule has 0 amide bonds. The number of anilines is 2. The zero-order valence-corrected chi connectivity index (χ0v) is 20.3. The van der Waals surface area contributed by atoms with E-state index in [-0.39, 0.29) is 23.5 Å². The molecule has 1 saturated heterocycles. The smallest absolute Gasteiger partial charge is 0.302 e. The molecule has 3 aromatic rings. The third-order valence-electron chi connectivity index (χ3n) is 6.00. The number of nitriles is 1. The lowest BCUT2D eigenvalue weighted by Gasteiger charge is -2.34. The Morgan fingerprint density at radius 3 is 2.26 bits per heavy atom. The molecule has 8 heteroatoms. The lowest BCUT2D eigenvalue weighted by Crippen LogP contribution is -2.38. The summed E-state index contributed by atoms with van der Waals surface area (Å²) in [5, 5.41) is 9.92. The second-order valence-corrected chi connectivity index (χ2v) is 10.3. The molecule has 0 bridgehead atoms. The monoisotopic (exact) mass is 489 g/mol. The van der Waals surface area contributed by atoms with Gasteiger partial charge in [-0.1, -0.05) is 48.5 Å². The van der Waals surface area contributed by atoms with Crippen molar-refractivity contribution in [1.29, 1.82) is 5.26 Å². The second-order valence-electron chi connectivity index (χ2n) is 8.42. The number of piperidine rings is 1. The summed E-state index contributed by atoms with van der Waals surface area (Å²) in [7, 11) is -3.87. The van der Waals surface area contributed by atoms with Gasteiger partial charge in [-0.3, -0.25) is 9.10 Å². The SMILES string of the molecule is CC(=O)OC1CCN(c2ccc(N(Cc3ccccc3)S(=O)(=O)c3ccccc3)cc2C#N)CC1. The highest BCUT2D eigenvalue weighted by Crippen LogP contribution is 2.32. The van der Waals surface area contributed by atoms with E-state index < -0.39 is 10.0 Å². The maximum atomic E-state index is 13.6. The van der Waals surface area contributed by atoms with Crippen molar-refractivity contribution in [1.82, 2.24) is 0 Å². The van der Waals surface area contributed by atoms with Crippen molar-refractivity contribution in [2.45, 2.75) is 37.3 Å². The Balaban J connectivity index is 1.67. The molecule has 0 atom stereocenters. The Bertz CT molecular complexity index is 1310. The number of hydrogen-bond donors (Lipinski definition) is 0. The highest BCUT2D eigenvalue weighted by Gasteiger charge is 2.27. The van der Waals surface area contributed by atoms with Crippen molar-refractivity contribution in [3.8, 4) is 6.07 Å². The molecule has 3 aromatic carbocycles. The molecule has 0 radical (unpaired) electrons. The Morgan fingerprint density at radius 1 is 1.03 bits per heavy atom. The van der Waals surface area contributed by atoms with Gasteiger partial charge in [0.2, 0.25) is 0 Å². The molecule has 1 heterocycles. The number of esters is 1. The molecular formula is C27H27N3O4S. The molecule has 1 aliphatic heterocycles. The van der Waals surface area contributed by atoms with Gasteiger partial charge in [-0.15, -0.1) is 0 Å². The molecule has 1 aliphatic rings. The van der Waals surface area contributed by atoms with Crippen LogP contribution in [0.4, 0.5) is 11.4 Å². The van der Waals surface area contributed by atoms with Gasteiger partial charge in [0.05, 0.1) is 28.4 Å². The fourth-order valence-electron chi connectivity index (χ4n) is 4.28. The van der Waals surface area contributed by atoms with Gasteiger partial charge in [-0.25, -0.2) is 8.42 Å². The number of hydrogen-bond acceptors (Lipinski definition) is 6. The first kappa shape index (κ1) is 24.3. The van der Waals surface area contributed by atoms with E-state index in [9.17, 15) is 18.5 Å². The largest absolute Gasteiger partial charge is 0.462 e. The molecule has 1 fully saturated rings. The highest BCUT2D eigenvalue weighted by molar-refractivity contribution is 7.92. The third-order valence-corrected chi connectivity index (χ3v) is 7.79. The van der Waals surface area contributed by atoms with Gasteiger partial charge in [0.1, 0.15) is 12.2 Å². The molecule has 0 saturated carbocycles. The van der Waals surface area contributed by atoms with Crippen LogP contribution in [0.25, 0.3) is 0 Å². The summed E-state index contributed by atoms with van der Waals surface area (Å²) in [5.74, 6) is -0.288. The Labute approximate surface area is 206 Å². The van der Waals surface area contributed by atoms with Gasteiger partial charge in [0, 0.05) is 32.9 Å². The number of ether oxygens (including phenoxy) is 1. The maximum Gasteiger partial charge on any atom is 0.302 e. The molecule has 180 valence electrons. The first-order chi connectivity index (χ1) is 16.9. The lowest BCUT2D eigenvalue weighted by atomic mass is 10.0. The number of rotatable bonds is 7. The second kappa shape index (κ2) is 10.6. The van der Waals surface area contributed by atoms with Crippen LogP contribution in [0.1, 0.15) is 30.9 Å². The normalized spacial score (nSPS) is 14.2. The zero-order chi connectivity index (χ0) is 24.8. The minimum atomic E-state index is -3.87. The van der Waals surface area contributed by atoms with Crippen molar-refractivity contribution >= 4 is 27.4 Å². The number of nitrogens with zero attached hydrogens (tertiary/aromatic N) is 3. The van der Waals surface area contributed by atoms with E-state index in [1.54, 1.807) is 48.5 Å². The minimum Gasteiger partial charge on any atom is -0.462 e. The van der Waals surface area contributed by atoms with E-state index in [4.69, 9.17) is 4.74 Å². The van der Waals surface area contributed by atoms with E-state index in [0.29, 0.717) is 37.2 Å². The quantitative estimate of drug-likeness (QED) is 0.455. The van der Waals surface area contributed by atoms with E-state index in [0.717, 1.165) is 11.3 Å². The Hall–Kier alpha value is -3.83. The first-order valence-electron chi connectivity index (χ1n) is 11.5. The molecular weight excluding hydrogens is 462 g/mol. The average Bonchev–Trinajstić information content (AvgIpc) is 2.88. The van der Waals surface area contributed by atoms with Gasteiger partial charge in [0.15, 0.2) is 0 Å². The van der Waals surface area contributed by atoms with Crippen LogP contribution in [0.15, 0.2) is 83.8 Å². The molecule has 0 unspecified atom stereocenters. The molecule has 0 aromatic heterocycles. The third kappa shape index (κ3) is 5.64. The van der Waals surface area contributed by atoms with E-state index in [1.165, 1.54) is 11.2 Å². The van der Waals surface area contributed by atoms with Crippen molar-refractivity contribution in [2.24, 2.45) is 0 Å². The molecule has 35 heavy (non-hydrogen) atoms. The topological polar surface area (TPSA) is 90.7 Å². The Morgan fingerprint density at radius 2 is 1.66 bits per heavy atom. The maximum absolute atomic E-state index is 13.6. The van der Waals surface area contributed by atoms with Gasteiger partial charge in [0.25, 0.3) is 10.0 Å². The van der Waals surface area contributed by atoms with E-state index >= 15 is 0 Å². The number of carbonyl (C=O) groups is 1. The number of sulfonamides is 1. The lowest BCUT2D eigenvalue weighted by molar-refractivity contribution is -0.147. The van der Waals surface area contributed by atoms with Crippen LogP contribution in [0, 0.1) is 11.3 Å². The van der Waals surface area contributed by atoms with E-state index in [2.05, 4.69) is 11.0 Å². The summed E-state index contributed by atoms with van der Waals surface area (Å²) in [6.07, 6.45) is 1.23.